The summed E-state index contributed by atoms with van der Waals surface area (Å²) in [7, 11) is -2.73. The Labute approximate surface area is 196 Å². The molecule has 32 heavy (non-hydrogen) atoms. The van der Waals surface area contributed by atoms with Gasteiger partial charge in [0, 0.05) is 4.91 Å². The highest BCUT2D eigenvalue weighted by atomic mass is 32.2. The van der Waals surface area contributed by atoms with E-state index in [0.29, 0.717) is 0 Å². The number of hydrogen-bond donors (Lipinski definition) is 1. The summed E-state index contributed by atoms with van der Waals surface area (Å²) in [5.41, 5.74) is 8.62. The van der Waals surface area contributed by atoms with Gasteiger partial charge in [-0.3, -0.25) is 0 Å². The number of aliphatic hydroxyl groups excluding tert-OH is 1. The molecule has 6 nitrogen and oxygen atoms in total. The normalized spacial score (nSPS) is 26.4. The van der Waals surface area contributed by atoms with E-state index in [2.05, 4.69) is 79.3 Å². The zero-order valence-corrected chi connectivity index (χ0v) is 21.2. The summed E-state index contributed by atoms with van der Waals surface area (Å²) >= 11 is 1.49. The first-order valence-corrected chi connectivity index (χ1v) is 14.1. The number of benzene rings is 2. The highest BCUT2D eigenvalue weighted by Gasteiger charge is 2.51. The number of rotatable bonds is 7. The molecular weight excluding hydrogens is 438 g/mol. The third-order valence-electron chi connectivity index (χ3n) is 6.34. The van der Waals surface area contributed by atoms with E-state index < -0.39 is 26.6 Å². The molecule has 1 N–H and O–H groups in total. The van der Waals surface area contributed by atoms with Crippen LogP contribution < -0.4 is 10.4 Å². The van der Waals surface area contributed by atoms with Crippen molar-refractivity contribution >= 4 is 30.5 Å². The molecule has 2 unspecified atom stereocenters. The highest BCUT2D eigenvalue weighted by Crippen LogP contribution is 2.38. The lowest BCUT2D eigenvalue weighted by Crippen LogP contribution is -2.67. The van der Waals surface area contributed by atoms with Crippen LogP contribution in [0.5, 0.6) is 0 Å². The Morgan fingerprint density at radius 1 is 1.09 bits per heavy atom. The molecule has 1 fully saturated rings. The molecule has 1 heterocycles. The molecule has 3 rings (SSSR count). The molecular formula is C24H33N3O3SSi. The van der Waals surface area contributed by atoms with Gasteiger partial charge in [0.05, 0.1) is 18.8 Å². The molecule has 5 atom stereocenters. The number of ether oxygens (including phenoxy) is 1. The maximum absolute atomic E-state index is 11.0. The molecule has 172 valence electrons. The molecule has 0 aliphatic carbocycles. The van der Waals surface area contributed by atoms with E-state index in [0.717, 1.165) is 0 Å². The average Bonchev–Trinajstić information content (AvgIpc) is 2.79. The van der Waals surface area contributed by atoms with Crippen molar-refractivity contribution in [2.75, 3.05) is 12.9 Å². The standard InChI is InChI=1S/C24H33N3O3SSi/c1-17-21(26-27-25)23(31-5)30-20(22(17)28)16-29-32(24(2,3)4,18-12-8-6-9-13-18)19-14-10-7-11-15-19/h6-15,17,20-23,28H,16H2,1-5H3/t17-,20?,21+,22+,23?/m1/s1. The summed E-state index contributed by atoms with van der Waals surface area (Å²) in [6.07, 6.45) is 0.635. The van der Waals surface area contributed by atoms with Gasteiger partial charge in [-0.1, -0.05) is 93.5 Å². The second kappa shape index (κ2) is 10.4. The fourth-order valence-corrected chi connectivity index (χ4v) is 10.0. The summed E-state index contributed by atoms with van der Waals surface area (Å²) in [5, 5.41) is 17.1. The van der Waals surface area contributed by atoms with Crippen LogP contribution in [0.1, 0.15) is 27.7 Å². The predicted octanol–water partition coefficient (Wildman–Crippen LogP) is 4.33. The first-order chi connectivity index (χ1) is 15.3. The van der Waals surface area contributed by atoms with Crippen LogP contribution in [0.25, 0.3) is 10.4 Å². The second-order valence-corrected chi connectivity index (χ2v) is 14.5. The van der Waals surface area contributed by atoms with Crippen LogP contribution in [0.2, 0.25) is 5.04 Å². The Morgan fingerprint density at radius 2 is 1.62 bits per heavy atom. The van der Waals surface area contributed by atoms with Crippen LogP contribution in [-0.2, 0) is 9.16 Å². The largest absolute Gasteiger partial charge is 0.405 e. The molecule has 0 aromatic heterocycles. The van der Waals surface area contributed by atoms with Crippen molar-refractivity contribution in [1.29, 1.82) is 0 Å². The molecule has 0 bridgehead atoms. The Balaban J connectivity index is 1.99. The number of nitrogens with zero attached hydrogens (tertiary/aromatic N) is 3. The van der Waals surface area contributed by atoms with Crippen molar-refractivity contribution in [3.8, 4) is 0 Å². The molecule has 2 aromatic rings. The van der Waals surface area contributed by atoms with E-state index in [1.54, 1.807) is 0 Å². The Bertz CT molecular complexity index is 878. The number of aliphatic hydroxyl groups is 1. The molecule has 8 heteroatoms. The van der Waals surface area contributed by atoms with E-state index in [4.69, 9.17) is 14.7 Å². The molecule has 0 amide bonds. The minimum absolute atomic E-state index is 0.159. The van der Waals surface area contributed by atoms with Gasteiger partial charge in [0.15, 0.2) is 0 Å². The van der Waals surface area contributed by atoms with Crippen LogP contribution in [0.15, 0.2) is 65.8 Å². The van der Waals surface area contributed by atoms with Gasteiger partial charge < -0.3 is 14.3 Å². The quantitative estimate of drug-likeness (QED) is 0.282. The van der Waals surface area contributed by atoms with Gasteiger partial charge in [-0.2, -0.15) is 0 Å². The van der Waals surface area contributed by atoms with Crippen molar-refractivity contribution in [3.05, 3.63) is 71.1 Å². The zero-order chi connectivity index (χ0) is 23.4. The Kier molecular flexibility index (Phi) is 8.09. The lowest BCUT2D eigenvalue weighted by molar-refractivity contribution is -0.135. The monoisotopic (exact) mass is 471 g/mol. The molecule has 1 aliphatic heterocycles. The van der Waals surface area contributed by atoms with Crippen LogP contribution in [0, 0.1) is 5.92 Å². The van der Waals surface area contributed by atoms with Crippen molar-refractivity contribution in [1.82, 2.24) is 0 Å². The fourth-order valence-electron chi connectivity index (χ4n) is 4.64. The van der Waals surface area contributed by atoms with E-state index in [1.165, 1.54) is 22.1 Å². The molecule has 0 spiro atoms. The van der Waals surface area contributed by atoms with Crippen molar-refractivity contribution in [2.45, 2.75) is 56.4 Å². The van der Waals surface area contributed by atoms with Gasteiger partial charge in [-0.25, -0.2) is 0 Å². The average molecular weight is 472 g/mol. The smallest absolute Gasteiger partial charge is 0.261 e. The van der Waals surface area contributed by atoms with E-state index in [-0.39, 0.29) is 23.0 Å². The lowest BCUT2D eigenvalue weighted by atomic mass is 9.90. The van der Waals surface area contributed by atoms with Gasteiger partial charge in [-0.05, 0) is 33.1 Å². The Hall–Kier alpha value is -1.80. The van der Waals surface area contributed by atoms with Gasteiger partial charge in [-0.15, -0.1) is 11.8 Å². The molecule has 1 saturated heterocycles. The van der Waals surface area contributed by atoms with Crippen LogP contribution in [0.4, 0.5) is 0 Å². The fraction of sp³-hybridized carbons (Fsp3) is 0.500. The van der Waals surface area contributed by atoms with Crippen molar-refractivity contribution < 1.29 is 14.3 Å². The van der Waals surface area contributed by atoms with Gasteiger partial charge in [0.25, 0.3) is 8.32 Å². The first-order valence-electron chi connectivity index (χ1n) is 10.9. The van der Waals surface area contributed by atoms with Crippen LogP contribution >= 0.6 is 11.8 Å². The first kappa shape index (κ1) is 24.8. The Morgan fingerprint density at radius 3 is 2.06 bits per heavy atom. The van der Waals surface area contributed by atoms with Gasteiger partial charge in [0.2, 0.25) is 0 Å². The summed E-state index contributed by atoms with van der Waals surface area (Å²) in [6, 6.07) is 20.4. The topological polar surface area (TPSA) is 87.5 Å². The maximum Gasteiger partial charge on any atom is 0.261 e. The summed E-state index contributed by atoms with van der Waals surface area (Å²) in [6.45, 7) is 8.84. The third-order valence-corrected chi connectivity index (χ3v) is 12.2. The predicted molar refractivity (Wildman–Crippen MR) is 134 cm³/mol. The van der Waals surface area contributed by atoms with Crippen LogP contribution in [-0.4, -0.2) is 50.0 Å². The van der Waals surface area contributed by atoms with Crippen LogP contribution in [0.3, 0.4) is 0 Å². The number of azide groups is 1. The van der Waals surface area contributed by atoms with Crippen molar-refractivity contribution in [3.63, 3.8) is 0 Å². The van der Waals surface area contributed by atoms with E-state index in [9.17, 15) is 5.11 Å². The minimum atomic E-state index is -2.73. The van der Waals surface area contributed by atoms with Crippen molar-refractivity contribution in [2.24, 2.45) is 11.0 Å². The van der Waals surface area contributed by atoms with Gasteiger partial charge in [0.1, 0.15) is 11.5 Å². The highest BCUT2D eigenvalue weighted by molar-refractivity contribution is 7.99. The second-order valence-electron chi connectivity index (χ2n) is 9.30. The zero-order valence-electron chi connectivity index (χ0n) is 19.4. The van der Waals surface area contributed by atoms with E-state index >= 15 is 0 Å². The molecule has 1 aliphatic rings. The maximum atomic E-state index is 11.0. The van der Waals surface area contributed by atoms with E-state index in [1.807, 2.05) is 25.3 Å². The lowest BCUT2D eigenvalue weighted by Gasteiger charge is -2.46. The number of thioether (sulfide) groups is 1. The molecule has 2 aromatic carbocycles. The summed E-state index contributed by atoms with van der Waals surface area (Å²) < 4.78 is 13.2. The summed E-state index contributed by atoms with van der Waals surface area (Å²) in [4.78, 5) is 2.96. The number of hydrogen-bond acceptors (Lipinski definition) is 5. The molecule has 0 saturated carbocycles. The summed E-state index contributed by atoms with van der Waals surface area (Å²) in [5.74, 6) is -0.232. The third kappa shape index (κ3) is 4.76. The van der Waals surface area contributed by atoms with Gasteiger partial charge >= 0.3 is 0 Å². The minimum Gasteiger partial charge on any atom is -0.405 e. The SMILES string of the molecule is CSC1OC(CO[Si](c2ccccc2)(c2ccccc2)C(C)(C)C)[C@@H](O)[C@H](C)[C@@H]1N=[N+]=[N-]. The molecule has 0 radical (unpaired) electrons.